The van der Waals surface area contributed by atoms with Gasteiger partial charge in [-0.15, -0.1) is 0 Å². The largest absolute Gasteiger partial charge is 0.397 e. The van der Waals surface area contributed by atoms with E-state index in [0.717, 1.165) is 21.4 Å². The SMILES string of the molecule is Cc1ccc(Cl)cc1Nc1ccc(Br)cc1N. The third-order valence-corrected chi connectivity index (χ3v) is 3.21. The fourth-order valence-corrected chi connectivity index (χ4v) is 2.07. The van der Waals surface area contributed by atoms with E-state index >= 15 is 0 Å². The minimum atomic E-state index is 0.693. The van der Waals surface area contributed by atoms with Crippen LogP contribution < -0.4 is 11.1 Å². The molecule has 0 amide bonds. The van der Waals surface area contributed by atoms with Crippen molar-refractivity contribution in [3.63, 3.8) is 0 Å². The molecule has 0 bridgehead atoms. The normalized spacial score (nSPS) is 10.3. The lowest BCUT2D eigenvalue weighted by molar-refractivity contribution is 1.43. The summed E-state index contributed by atoms with van der Waals surface area (Å²) >= 11 is 9.35. The van der Waals surface area contributed by atoms with Crippen LogP contribution in [0.15, 0.2) is 40.9 Å². The maximum Gasteiger partial charge on any atom is 0.0618 e. The molecule has 88 valence electrons. The number of hydrogen-bond acceptors (Lipinski definition) is 2. The Morgan fingerprint density at radius 2 is 1.88 bits per heavy atom. The van der Waals surface area contributed by atoms with E-state index in [0.29, 0.717) is 10.7 Å². The number of benzene rings is 2. The van der Waals surface area contributed by atoms with E-state index in [4.69, 9.17) is 17.3 Å². The summed E-state index contributed by atoms with van der Waals surface area (Å²) in [5.74, 6) is 0. The molecule has 17 heavy (non-hydrogen) atoms. The van der Waals surface area contributed by atoms with Gasteiger partial charge in [-0.05, 0) is 42.8 Å². The lowest BCUT2D eigenvalue weighted by atomic mass is 10.2. The van der Waals surface area contributed by atoms with Gasteiger partial charge in [-0.1, -0.05) is 33.6 Å². The molecule has 0 aromatic heterocycles. The van der Waals surface area contributed by atoms with Gasteiger partial charge in [-0.25, -0.2) is 0 Å². The summed E-state index contributed by atoms with van der Waals surface area (Å²) in [6, 6.07) is 11.5. The average molecular weight is 312 g/mol. The zero-order valence-electron chi connectivity index (χ0n) is 9.30. The van der Waals surface area contributed by atoms with Gasteiger partial charge in [0.1, 0.15) is 0 Å². The summed E-state index contributed by atoms with van der Waals surface area (Å²) in [4.78, 5) is 0. The summed E-state index contributed by atoms with van der Waals surface area (Å²) in [5, 5.41) is 3.98. The zero-order valence-corrected chi connectivity index (χ0v) is 11.6. The first-order valence-corrected chi connectivity index (χ1v) is 6.31. The molecule has 0 saturated heterocycles. The first-order valence-electron chi connectivity index (χ1n) is 5.14. The minimum absolute atomic E-state index is 0.693. The standard InChI is InChI=1S/C13H12BrClN2/c1-8-2-4-10(15)7-13(8)17-12-5-3-9(14)6-11(12)16/h2-7,17H,16H2,1H3. The van der Waals surface area contributed by atoms with E-state index in [1.165, 1.54) is 0 Å². The first-order chi connectivity index (χ1) is 8.06. The van der Waals surface area contributed by atoms with Crippen LogP contribution in [0.3, 0.4) is 0 Å². The lowest BCUT2D eigenvalue weighted by Gasteiger charge is -2.12. The number of nitrogens with one attached hydrogen (secondary N) is 1. The molecule has 0 radical (unpaired) electrons. The van der Waals surface area contributed by atoms with E-state index in [1.807, 2.05) is 43.3 Å². The molecule has 4 heteroatoms. The molecule has 2 aromatic rings. The highest BCUT2D eigenvalue weighted by molar-refractivity contribution is 9.10. The highest BCUT2D eigenvalue weighted by Gasteiger charge is 2.03. The molecule has 0 aliphatic rings. The van der Waals surface area contributed by atoms with Gasteiger partial charge in [0.15, 0.2) is 0 Å². The molecule has 0 atom stereocenters. The number of hydrogen-bond donors (Lipinski definition) is 2. The first kappa shape index (κ1) is 12.3. The molecule has 2 rings (SSSR count). The minimum Gasteiger partial charge on any atom is -0.397 e. The van der Waals surface area contributed by atoms with Crippen LogP contribution in [0, 0.1) is 6.92 Å². The van der Waals surface area contributed by atoms with Crippen molar-refractivity contribution in [1.82, 2.24) is 0 Å². The van der Waals surface area contributed by atoms with Crippen LogP contribution in [-0.2, 0) is 0 Å². The molecular weight excluding hydrogens is 300 g/mol. The summed E-state index contributed by atoms with van der Waals surface area (Å²) in [5.41, 5.74) is 9.59. The number of rotatable bonds is 2. The van der Waals surface area contributed by atoms with Gasteiger partial charge in [0, 0.05) is 15.2 Å². The maximum absolute atomic E-state index is 5.97. The number of aryl methyl sites for hydroxylation is 1. The topological polar surface area (TPSA) is 38.0 Å². The van der Waals surface area contributed by atoms with Gasteiger partial charge >= 0.3 is 0 Å². The van der Waals surface area contributed by atoms with Crippen LogP contribution >= 0.6 is 27.5 Å². The summed E-state index contributed by atoms with van der Waals surface area (Å²) in [6.45, 7) is 2.02. The van der Waals surface area contributed by atoms with E-state index in [2.05, 4.69) is 21.2 Å². The smallest absolute Gasteiger partial charge is 0.0618 e. The Kier molecular flexibility index (Phi) is 3.60. The molecule has 0 aliphatic heterocycles. The van der Waals surface area contributed by atoms with Crippen LogP contribution in [0.1, 0.15) is 5.56 Å². The highest BCUT2D eigenvalue weighted by atomic mass is 79.9. The van der Waals surface area contributed by atoms with Gasteiger partial charge < -0.3 is 11.1 Å². The van der Waals surface area contributed by atoms with Crippen molar-refractivity contribution >= 4 is 44.6 Å². The third kappa shape index (κ3) is 2.93. The number of halogens is 2. The van der Waals surface area contributed by atoms with E-state index in [1.54, 1.807) is 0 Å². The van der Waals surface area contributed by atoms with E-state index < -0.39 is 0 Å². The van der Waals surface area contributed by atoms with Crippen LogP contribution in [0.25, 0.3) is 0 Å². The Morgan fingerprint density at radius 3 is 2.59 bits per heavy atom. The number of nitrogen functional groups attached to an aromatic ring is 1. The van der Waals surface area contributed by atoms with Crippen molar-refractivity contribution in [3.05, 3.63) is 51.5 Å². The predicted octanol–water partition coefficient (Wildman–Crippen LogP) is 4.74. The molecule has 0 spiro atoms. The van der Waals surface area contributed by atoms with Crippen molar-refractivity contribution in [1.29, 1.82) is 0 Å². The molecule has 3 N–H and O–H groups in total. The number of anilines is 3. The monoisotopic (exact) mass is 310 g/mol. The molecule has 0 unspecified atom stereocenters. The van der Waals surface area contributed by atoms with Gasteiger partial charge in [-0.2, -0.15) is 0 Å². The molecule has 2 nitrogen and oxygen atoms in total. The van der Waals surface area contributed by atoms with Crippen LogP contribution in [0.5, 0.6) is 0 Å². The van der Waals surface area contributed by atoms with Crippen molar-refractivity contribution in [2.75, 3.05) is 11.1 Å². The second-order valence-electron chi connectivity index (χ2n) is 3.82. The average Bonchev–Trinajstić information content (AvgIpc) is 2.27. The van der Waals surface area contributed by atoms with Gasteiger partial charge in [0.2, 0.25) is 0 Å². The van der Waals surface area contributed by atoms with E-state index in [9.17, 15) is 0 Å². The van der Waals surface area contributed by atoms with Crippen LogP contribution in [-0.4, -0.2) is 0 Å². The Balaban J connectivity index is 2.34. The fraction of sp³-hybridized carbons (Fsp3) is 0.0769. The molecule has 0 heterocycles. The zero-order chi connectivity index (χ0) is 12.4. The molecule has 0 saturated carbocycles. The van der Waals surface area contributed by atoms with Crippen molar-refractivity contribution in [3.8, 4) is 0 Å². The summed E-state index contributed by atoms with van der Waals surface area (Å²) < 4.78 is 0.961. The molecule has 2 aromatic carbocycles. The van der Waals surface area contributed by atoms with Gasteiger partial charge in [0.25, 0.3) is 0 Å². The van der Waals surface area contributed by atoms with E-state index in [-0.39, 0.29) is 0 Å². The Hall–Kier alpha value is -1.19. The maximum atomic E-state index is 5.97. The third-order valence-electron chi connectivity index (χ3n) is 2.48. The summed E-state index contributed by atoms with van der Waals surface area (Å²) in [7, 11) is 0. The second kappa shape index (κ2) is 4.98. The van der Waals surface area contributed by atoms with Gasteiger partial charge in [0.05, 0.1) is 11.4 Å². The molecule has 0 aliphatic carbocycles. The fourth-order valence-electron chi connectivity index (χ4n) is 1.52. The number of nitrogens with two attached hydrogens (primary N) is 1. The Morgan fingerprint density at radius 1 is 1.12 bits per heavy atom. The Labute approximate surface area is 114 Å². The van der Waals surface area contributed by atoms with Crippen molar-refractivity contribution in [2.24, 2.45) is 0 Å². The quantitative estimate of drug-likeness (QED) is 0.786. The highest BCUT2D eigenvalue weighted by Crippen LogP contribution is 2.29. The van der Waals surface area contributed by atoms with Crippen LogP contribution in [0.4, 0.5) is 17.1 Å². The van der Waals surface area contributed by atoms with Crippen LogP contribution in [0.2, 0.25) is 5.02 Å². The molecular formula is C13H12BrClN2. The van der Waals surface area contributed by atoms with Crippen molar-refractivity contribution in [2.45, 2.75) is 6.92 Å². The Bertz CT molecular complexity index is 555. The molecule has 0 fully saturated rings. The second-order valence-corrected chi connectivity index (χ2v) is 5.17. The van der Waals surface area contributed by atoms with Gasteiger partial charge in [-0.3, -0.25) is 0 Å². The summed E-state index contributed by atoms with van der Waals surface area (Å²) in [6.07, 6.45) is 0. The predicted molar refractivity (Wildman–Crippen MR) is 78.0 cm³/mol. The lowest BCUT2D eigenvalue weighted by Crippen LogP contribution is -1.97. The van der Waals surface area contributed by atoms with Crippen molar-refractivity contribution < 1.29 is 0 Å².